The van der Waals surface area contributed by atoms with E-state index in [0.29, 0.717) is 28.0 Å². The van der Waals surface area contributed by atoms with Crippen molar-refractivity contribution < 1.29 is 9.59 Å². The molecular formula is C30H27NO2. The lowest BCUT2D eigenvalue weighted by molar-refractivity contribution is 0.0988. The first-order valence-electron chi connectivity index (χ1n) is 11.7. The molecule has 33 heavy (non-hydrogen) atoms. The molecule has 1 fully saturated rings. The Morgan fingerprint density at radius 3 is 1.91 bits per heavy atom. The number of Topliss-reactive ketones (excluding diaryl/α,β-unsaturated/α-hetero) is 2. The second kappa shape index (κ2) is 8.74. The molecule has 3 aromatic carbocycles. The number of nitrogens with zero attached hydrogens (tertiary/aromatic N) is 1. The van der Waals surface area contributed by atoms with E-state index in [1.165, 1.54) is 0 Å². The number of hydrogen-bond acceptors (Lipinski definition) is 3. The van der Waals surface area contributed by atoms with Gasteiger partial charge >= 0.3 is 0 Å². The van der Waals surface area contributed by atoms with Gasteiger partial charge in [-0.2, -0.15) is 0 Å². The summed E-state index contributed by atoms with van der Waals surface area (Å²) in [5.41, 5.74) is 4.25. The maximum absolute atomic E-state index is 14.1. The second-order valence-electron chi connectivity index (χ2n) is 9.06. The predicted octanol–water partition coefficient (Wildman–Crippen LogP) is 6.56. The van der Waals surface area contributed by atoms with Gasteiger partial charge in [-0.3, -0.25) is 14.6 Å². The Balaban J connectivity index is 1.76. The fraction of sp³-hybridized carbons (Fsp3) is 0.233. The first-order chi connectivity index (χ1) is 16.1. The highest BCUT2D eigenvalue weighted by Gasteiger charge is 2.48. The molecule has 164 valence electrons. The molecule has 0 saturated heterocycles. The van der Waals surface area contributed by atoms with Crippen molar-refractivity contribution in [1.29, 1.82) is 0 Å². The van der Waals surface area contributed by atoms with Crippen molar-refractivity contribution in [1.82, 2.24) is 0 Å². The van der Waals surface area contributed by atoms with Gasteiger partial charge in [-0.25, -0.2) is 0 Å². The van der Waals surface area contributed by atoms with E-state index in [2.05, 4.69) is 0 Å². The predicted molar refractivity (Wildman–Crippen MR) is 132 cm³/mol. The molecule has 5 rings (SSSR count). The molecule has 1 spiro atoms. The zero-order valence-corrected chi connectivity index (χ0v) is 18.9. The number of benzene rings is 3. The topological polar surface area (TPSA) is 46.5 Å². The van der Waals surface area contributed by atoms with Gasteiger partial charge in [0.2, 0.25) is 0 Å². The van der Waals surface area contributed by atoms with Crippen LogP contribution in [-0.2, 0) is 0 Å². The van der Waals surface area contributed by atoms with Crippen LogP contribution in [0.2, 0.25) is 0 Å². The largest absolute Gasteiger partial charge is 0.289 e. The van der Waals surface area contributed by atoms with Gasteiger partial charge in [-0.1, -0.05) is 110 Å². The molecule has 2 aliphatic rings. The monoisotopic (exact) mass is 433 g/mol. The van der Waals surface area contributed by atoms with Crippen LogP contribution in [0.4, 0.5) is 0 Å². The summed E-state index contributed by atoms with van der Waals surface area (Å²) in [6.07, 6.45) is 4.72. The molecule has 0 unspecified atom stereocenters. The van der Waals surface area contributed by atoms with Crippen LogP contribution in [0.3, 0.4) is 0 Å². The Bertz CT molecular complexity index is 1250. The number of rotatable bonds is 5. The molecule has 3 nitrogen and oxygen atoms in total. The van der Waals surface area contributed by atoms with Crippen molar-refractivity contribution in [3.05, 3.63) is 118 Å². The standard InChI is InChI=1S/C30H27NO2/c1-21-15-17-24(18-16-21)29(33)26-25(28(32)23-13-7-3-8-14-23)27(22-11-5-2-6-12-22)31-30(26)19-9-4-10-20-30/h2-3,5-8,11-18H,4,9-10,19-20H2,1H3. The van der Waals surface area contributed by atoms with Gasteiger partial charge in [0, 0.05) is 22.3 Å². The summed E-state index contributed by atoms with van der Waals surface area (Å²) in [7, 11) is 0. The maximum atomic E-state index is 14.1. The minimum atomic E-state index is -0.634. The van der Waals surface area contributed by atoms with E-state index < -0.39 is 5.54 Å². The van der Waals surface area contributed by atoms with Crippen LogP contribution in [0.1, 0.15) is 63.9 Å². The third kappa shape index (κ3) is 3.89. The molecule has 1 saturated carbocycles. The molecule has 0 atom stereocenters. The minimum absolute atomic E-state index is 0.0779. The normalized spacial score (nSPS) is 17.2. The number of hydrogen-bond donors (Lipinski definition) is 0. The molecule has 0 bridgehead atoms. The Kier molecular flexibility index (Phi) is 5.63. The van der Waals surface area contributed by atoms with E-state index >= 15 is 0 Å². The fourth-order valence-electron chi connectivity index (χ4n) is 5.11. The quantitative estimate of drug-likeness (QED) is 0.428. The van der Waals surface area contributed by atoms with E-state index in [1.807, 2.05) is 91.9 Å². The average Bonchev–Trinajstić information content (AvgIpc) is 3.19. The van der Waals surface area contributed by atoms with Crippen LogP contribution < -0.4 is 0 Å². The molecule has 0 amide bonds. The molecule has 1 aliphatic heterocycles. The third-order valence-electron chi connectivity index (χ3n) is 6.81. The number of carbonyl (C=O) groups is 2. The van der Waals surface area contributed by atoms with Gasteiger partial charge < -0.3 is 0 Å². The van der Waals surface area contributed by atoms with Crippen molar-refractivity contribution >= 4 is 17.3 Å². The van der Waals surface area contributed by atoms with Crippen LogP contribution in [0.15, 0.2) is 101 Å². The van der Waals surface area contributed by atoms with Crippen molar-refractivity contribution in [2.24, 2.45) is 4.99 Å². The maximum Gasteiger partial charge on any atom is 0.195 e. The van der Waals surface area contributed by atoms with Gasteiger partial charge in [0.15, 0.2) is 11.6 Å². The van der Waals surface area contributed by atoms with Crippen molar-refractivity contribution in [3.63, 3.8) is 0 Å². The summed E-state index contributed by atoms with van der Waals surface area (Å²) < 4.78 is 0. The Morgan fingerprint density at radius 1 is 0.697 bits per heavy atom. The highest BCUT2D eigenvalue weighted by molar-refractivity contribution is 6.38. The van der Waals surface area contributed by atoms with Crippen molar-refractivity contribution in [2.45, 2.75) is 44.6 Å². The lowest BCUT2D eigenvalue weighted by Gasteiger charge is -2.33. The molecule has 0 radical (unpaired) electrons. The third-order valence-corrected chi connectivity index (χ3v) is 6.81. The van der Waals surface area contributed by atoms with E-state index in [-0.39, 0.29) is 11.6 Å². The Labute approximate surface area is 194 Å². The van der Waals surface area contributed by atoms with Crippen LogP contribution in [0, 0.1) is 6.92 Å². The van der Waals surface area contributed by atoms with E-state index in [9.17, 15) is 9.59 Å². The van der Waals surface area contributed by atoms with Gasteiger partial charge in [-0.05, 0) is 19.8 Å². The SMILES string of the molecule is Cc1ccc(C(=O)C2=C(C(=O)c3ccccc3)C(c3ccccc3)=NC23CCCCC3)cc1. The molecule has 1 aliphatic carbocycles. The van der Waals surface area contributed by atoms with Crippen molar-refractivity contribution in [3.8, 4) is 0 Å². The highest BCUT2D eigenvalue weighted by Crippen LogP contribution is 2.46. The first-order valence-corrected chi connectivity index (χ1v) is 11.7. The van der Waals surface area contributed by atoms with Gasteiger partial charge in [-0.15, -0.1) is 0 Å². The first kappa shape index (κ1) is 21.3. The number of aryl methyl sites for hydroxylation is 1. The average molecular weight is 434 g/mol. The summed E-state index contributed by atoms with van der Waals surface area (Å²) in [5.74, 6) is -0.207. The lowest BCUT2D eigenvalue weighted by Crippen LogP contribution is -2.34. The van der Waals surface area contributed by atoms with Crippen LogP contribution >= 0.6 is 0 Å². The number of aliphatic imine (C=N–C) groups is 1. The Morgan fingerprint density at radius 2 is 1.27 bits per heavy atom. The molecule has 3 heteroatoms. The zero-order chi connectivity index (χ0) is 22.8. The van der Waals surface area contributed by atoms with Crippen LogP contribution in [-0.4, -0.2) is 22.8 Å². The van der Waals surface area contributed by atoms with Crippen LogP contribution in [0.5, 0.6) is 0 Å². The second-order valence-corrected chi connectivity index (χ2v) is 9.06. The fourth-order valence-corrected chi connectivity index (χ4v) is 5.11. The number of ketones is 2. The Hall–Kier alpha value is -3.59. The summed E-state index contributed by atoms with van der Waals surface area (Å²) in [5, 5.41) is 0. The van der Waals surface area contributed by atoms with Gasteiger partial charge in [0.25, 0.3) is 0 Å². The van der Waals surface area contributed by atoms with E-state index in [1.54, 1.807) is 0 Å². The number of carbonyl (C=O) groups excluding carboxylic acids is 2. The molecule has 3 aromatic rings. The smallest absolute Gasteiger partial charge is 0.195 e. The molecular weight excluding hydrogens is 406 g/mol. The zero-order valence-electron chi connectivity index (χ0n) is 18.9. The highest BCUT2D eigenvalue weighted by atomic mass is 16.1. The lowest BCUT2D eigenvalue weighted by atomic mass is 9.73. The van der Waals surface area contributed by atoms with Crippen LogP contribution in [0.25, 0.3) is 0 Å². The summed E-state index contributed by atoms with van der Waals surface area (Å²) in [4.78, 5) is 33.3. The number of allylic oxidation sites excluding steroid dienone is 1. The molecule has 0 N–H and O–H groups in total. The minimum Gasteiger partial charge on any atom is -0.289 e. The van der Waals surface area contributed by atoms with Gasteiger partial charge in [0.05, 0.1) is 16.8 Å². The van der Waals surface area contributed by atoms with Gasteiger partial charge in [0.1, 0.15) is 0 Å². The summed E-state index contributed by atoms with van der Waals surface area (Å²) >= 11 is 0. The van der Waals surface area contributed by atoms with E-state index in [0.717, 1.165) is 43.2 Å². The van der Waals surface area contributed by atoms with Crippen molar-refractivity contribution in [2.75, 3.05) is 0 Å². The summed E-state index contributed by atoms with van der Waals surface area (Å²) in [6, 6.07) is 26.7. The molecule has 1 heterocycles. The molecule has 0 aromatic heterocycles. The van der Waals surface area contributed by atoms with E-state index in [4.69, 9.17) is 4.99 Å². The summed E-state index contributed by atoms with van der Waals surface area (Å²) in [6.45, 7) is 2.01.